The van der Waals surface area contributed by atoms with Crippen molar-refractivity contribution in [3.8, 4) is 11.5 Å². The van der Waals surface area contributed by atoms with E-state index in [0.29, 0.717) is 33.9 Å². The van der Waals surface area contributed by atoms with Crippen molar-refractivity contribution in [2.45, 2.75) is 11.7 Å². The van der Waals surface area contributed by atoms with Gasteiger partial charge in [0.1, 0.15) is 5.69 Å². The van der Waals surface area contributed by atoms with Gasteiger partial charge in [0.2, 0.25) is 5.91 Å². The Morgan fingerprint density at radius 2 is 2.23 bits per heavy atom. The number of amides is 1. The molecule has 0 fully saturated rings. The Labute approximate surface area is 159 Å². The minimum Gasteiger partial charge on any atom is -0.325 e. The summed E-state index contributed by atoms with van der Waals surface area (Å²) < 4.78 is 1.84. The maximum atomic E-state index is 12.2. The van der Waals surface area contributed by atoms with Gasteiger partial charge in [-0.2, -0.15) is 0 Å². The normalized spacial score (nSPS) is 10.5. The molecule has 3 aromatic rings. The number of allylic oxidation sites excluding steroid dienone is 1. The van der Waals surface area contributed by atoms with Crippen LogP contribution in [0.2, 0.25) is 5.02 Å². The molecule has 0 saturated carbocycles. The first-order chi connectivity index (χ1) is 12.7. The summed E-state index contributed by atoms with van der Waals surface area (Å²) in [7, 11) is 0. The van der Waals surface area contributed by atoms with Gasteiger partial charge in [-0.1, -0.05) is 35.5 Å². The highest BCUT2D eigenvalue weighted by Crippen LogP contribution is 2.23. The number of benzene rings is 1. The fraction of sp³-hybridized carbons (Fsp3) is 0.118. The van der Waals surface area contributed by atoms with Crippen molar-refractivity contribution in [1.29, 1.82) is 0 Å². The largest absolute Gasteiger partial charge is 0.325 e. The lowest BCUT2D eigenvalue weighted by molar-refractivity contribution is -0.113. The molecule has 1 amide bonds. The average Bonchev–Trinajstić information content (AvgIpc) is 3.04. The molecular formula is C17H15ClN6OS. The molecule has 7 nitrogen and oxygen atoms in total. The first-order valence-electron chi connectivity index (χ1n) is 7.66. The van der Waals surface area contributed by atoms with Gasteiger partial charge >= 0.3 is 0 Å². The van der Waals surface area contributed by atoms with E-state index < -0.39 is 0 Å². The first-order valence-corrected chi connectivity index (χ1v) is 9.02. The molecule has 0 spiro atoms. The van der Waals surface area contributed by atoms with Crippen LogP contribution in [0.25, 0.3) is 11.5 Å². The Hall–Kier alpha value is -2.71. The highest BCUT2D eigenvalue weighted by molar-refractivity contribution is 7.99. The van der Waals surface area contributed by atoms with Crippen LogP contribution in [0.1, 0.15) is 0 Å². The van der Waals surface area contributed by atoms with Crippen molar-refractivity contribution in [2.24, 2.45) is 0 Å². The highest BCUT2D eigenvalue weighted by atomic mass is 35.5. The second-order valence-electron chi connectivity index (χ2n) is 5.14. The van der Waals surface area contributed by atoms with E-state index in [2.05, 4.69) is 32.1 Å². The van der Waals surface area contributed by atoms with Crippen molar-refractivity contribution in [3.63, 3.8) is 0 Å². The average molecular weight is 387 g/mol. The molecule has 9 heteroatoms. The number of carbonyl (C=O) groups excluding carboxylic acids is 1. The molecule has 2 heterocycles. The smallest absolute Gasteiger partial charge is 0.234 e. The molecule has 1 aromatic carbocycles. The third kappa shape index (κ3) is 4.47. The number of thioether (sulfide) groups is 1. The van der Waals surface area contributed by atoms with Crippen LogP contribution >= 0.6 is 23.4 Å². The Morgan fingerprint density at radius 3 is 2.96 bits per heavy atom. The van der Waals surface area contributed by atoms with E-state index in [4.69, 9.17) is 11.6 Å². The molecule has 132 valence electrons. The van der Waals surface area contributed by atoms with Crippen LogP contribution in [-0.4, -0.2) is 36.4 Å². The molecule has 0 radical (unpaired) electrons. The zero-order valence-corrected chi connectivity index (χ0v) is 15.2. The maximum Gasteiger partial charge on any atom is 0.234 e. The van der Waals surface area contributed by atoms with Gasteiger partial charge in [-0.25, -0.2) is 4.98 Å². The number of hydrogen-bond acceptors (Lipinski definition) is 6. The van der Waals surface area contributed by atoms with Crippen LogP contribution in [0.5, 0.6) is 0 Å². The zero-order valence-electron chi connectivity index (χ0n) is 13.7. The number of nitrogens with zero attached hydrogens (tertiary/aromatic N) is 5. The number of hydrogen-bond donors (Lipinski definition) is 1. The van der Waals surface area contributed by atoms with E-state index in [-0.39, 0.29) is 11.7 Å². The van der Waals surface area contributed by atoms with Gasteiger partial charge in [-0.05, 0) is 18.2 Å². The van der Waals surface area contributed by atoms with Crippen LogP contribution in [0.4, 0.5) is 5.69 Å². The number of halogens is 1. The van der Waals surface area contributed by atoms with Crippen molar-refractivity contribution >= 4 is 35.0 Å². The van der Waals surface area contributed by atoms with Crippen LogP contribution in [0, 0.1) is 0 Å². The van der Waals surface area contributed by atoms with E-state index in [1.807, 2.05) is 4.57 Å². The van der Waals surface area contributed by atoms with Crippen LogP contribution < -0.4 is 5.32 Å². The van der Waals surface area contributed by atoms with E-state index >= 15 is 0 Å². The molecule has 0 saturated heterocycles. The van der Waals surface area contributed by atoms with Crippen molar-refractivity contribution in [1.82, 2.24) is 24.7 Å². The summed E-state index contributed by atoms with van der Waals surface area (Å²) in [6.45, 7) is 4.25. The monoisotopic (exact) mass is 386 g/mol. The van der Waals surface area contributed by atoms with Crippen molar-refractivity contribution < 1.29 is 4.79 Å². The molecule has 0 aliphatic heterocycles. The SMILES string of the molecule is C=CCn1c(SCC(=O)Nc2cccc(Cl)c2)nnc1-c1cnccn1. The summed E-state index contributed by atoms with van der Waals surface area (Å²) in [6.07, 6.45) is 6.53. The molecule has 0 bridgehead atoms. The van der Waals surface area contributed by atoms with Crippen LogP contribution in [0.3, 0.4) is 0 Å². The molecule has 0 aliphatic carbocycles. The summed E-state index contributed by atoms with van der Waals surface area (Å²) in [5, 5.41) is 12.3. The van der Waals surface area contributed by atoms with Crippen LogP contribution in [-0.2, 0) is 11.3 Å². The topological polar surface area (TPSA) is 85.6 Å². The van der Waals surface area contributed by atoms with Gasteiger partial charge in [0.25, 0.3) is 0 Å². The van der Waals surface area contributed by atoms with Gasteiger partial charge in [0.15, 0.2) is 11.0 Å². The number of aromatic nitrogens is 5. The minimum absolute atomic E-state index is 0.161. The maximum absolute atomic E-state index is 12.2. The fourth-order valence-electron chi connectivity index (χ4n) is 2.19. The third-order valence-electron chi connectivity index (χ3n) is 3.26. The highest BCUT2D eigenvalue weighted by Gasteiger charge is 2.16. The summed E-state index contributed by atoms with van der Waals surface area (Å²) >= 11 is 7.20. The van der Waals surface area contributed by atoms with Crippen molar-refractivity contribution in [3.05, 3.63) is 60.5 Å². The molecule has 3 rings (SSSR count). The minimum atomic E-state index is -0.161. The second kappa shape index (κ2) is 8.59. The summed E-state index contributed by atoms with van der Waals surface area (Å²) in [5.41, 5.74) is 1.26. The van der Waals surface area contributed by atoms with Gasteiger partial charge in [0.05, 0.1) is 11.9 Å². The van der Waals surface area contributed by atoms with Gasteiger partial charge in [-0.3, -0.25) is 14.3 Å². The van der Waals surface area contributed by atoms with Gasteiger partial charge in [-0.15, -0.1) is 16.8 Å². The van der Waals surface area contributed by atoms with E-state index in [9.17, 15) is 4.79 Å². The fourth-order valence-corrected chi connectivity index (χ4v) is 3.12. The Bertz CT molecular complexity index is 915. The number of anilines is 1. The van der Waals surface area contributed by atoms with Crippen LogP contribution in [0.15, 0.2) is 60.7 Å². The molecule has 0 atom stereocenters. The summed E-state index contributed by atoms with van der Waals surface area (Å²) in [4.78, 5) is 20.5. The summed E-state index contributed by atoms with van der Waals surface area (Å²) in [6, 6.07) is 6.99. The van der Waals surface area contributed by atoms with Gasteiger partial charge < -0.3 is 5.32 Å². The molecule has 1 N–H and O–H groups in total. The lowest BCUT2D eigenvalue weighted by Crippen LogP contribution is -2.14. The van der Waals surface area contributed by atoms with E-state index in [1.165, 1.54) is 11.8 Å². The lowest BCUT2D eigenvalue weighted by atomic mass is 10.3. The van der Waals surface area contributed by atoms with Crippen molar-refractivity contribution in [2.75, 3.05) is 11.1 Å². The molecular weight excluding hydrogens is 372 g/mol. The Kier molecular flexibility index (Phi) is 5.98. The quantitative estimate of drug-likeness (QED) is 0.495. The zero-order chi connectivity index (χ0) is 18.4. The molecule has 26 heavy (non-hydrogen) atoms. The second-order valence-corrected chi connectivity index (χ2v) is 6.52. The van der Waals surface area contributed by atoms with E-state index in [1.54, 1.807) is 48.9 Å². The Morgan fingerprint density at radius 1 is 1.35 bits per heavy atom. The summed E-state index contributed by atoms with van der Waals surface area (Å²) in [5.74, 6) is 0.602. The predicted octanol–water partition coefficient (Wildman–Crippen LogP) is 3.31. The molecule has 0 unspecified atom stereocenters. The Balaban J connectivity index is 1.70. The lowest BCUT2D eigenvalue weighted by Gasteiger charge is -2.08. The number of rotatable bonds is 7. The molecule has 0 aliphatic rings. The number of nitrogens with one attached hydrogen (secondary N) is 1. The standard InChI is InChI=1S/C17H15ClN6OS/c1-2-8-24-16(14-10-19-6-7-20-14)22-23-17(24)26-11-15(25)21-13-5-3-4-12(18)9-13/h2-7,9-10H,1,8,11H2,(H,21,25). The van der Waals surface area contributed by atoms with E-state index in [0.717, 1.165) is 0 Å². The predicted molar refractivity (Wildman–Crippen MR) is 102 cm³/mol. The third-order valence-corrected chi connectivity index (χ3v) is 4.46. The number of carbonyl (C=O) groups is 1. The molecule has 2 aromatic heterocycles. The van der Waals surface area contributed by atoms with Gasteiger partial charge in [0, 0.05) is 29.6 Å². The first kappa shape index (κ1) is 18.1.